The summed E-state index contributed by atoms with van der Waals surface area (Å²) in [4.78, 5) is -0.184. The van der Waals surface area contributed by atoms with Gasteiger partial charge in [-0.15, -0.1) is 0 Å². The number of benzene rings is 1. The largest absolute Gasteiger partial charge is 0.394 e. The lowest BCUT2D eigenvalue weighted by Crippen LogP contribution is -2.64. The average molecular weight is 428 g/mol. The molecule has 0 bridgehead atoms. The van der Waals surface area contributed by atoms with E-state index in [4.69, 9.17) is 38.8 Å². The van der Waals surface area contributed by atoms with Crippen molar-refractivity contribution in [3.8, 4) is 0 Å². The lowest BCUT2D eigenvalue weighted by molar-refractivity contribution is -0.251. The van der Waals surface area contributed by atoms with Crippen molar-refractivity contribution in [2.45, 2.75) is 35.5 Å². The number of nitrogens with two attached hydrogens (primary N) is 1. The summed E-state index contributed by atoms with van der Waals surface area (Å²) in [5.41, 5.74) is 0.242. The normalized spacial score (nSPS) is 29.2. The van der Waals surface area contributed by atoms with Crippen LogP contribution in [0.1, 0.15) is 0 Å². The molecule has 0 aromatic heterocycles. The van der Waals surface area contributed by atoms with Gasteiger partial charge in [-0.3, -0.25) is 0 Å². The Morgan fingerprint density at radius 2 is 1.96 bits per heavy atom. The van der Waals surface area contributed by atoms with Gasteiger partial charge in [0.2, 0.25) is 10.0 Å². The van der Waals surface area contributed by atoms with Gasteiger partial charge in [-0.1, -0.05) is 11.6 Å². The van der Waals surface area contributed by atoms with E-state index in [-0.39, 0.29) is 20.7 Å². The topological polar surface area (TPSA) is 174 Å². The molecule has 0 amide bonds. The molecule has 1 aromatic carbocycles. The van der Waals surface area contributed by atoms with Crippen LogP contribution in [0.3, 0.4) is 0 Å². The highest BCUT2D eigenvalue weighted by Gasteiger charge is 2.43. The van der Waals surface area contributed by atoms with Crippen LogP contribution < -0.4 is 15.8 Å². The molecule has 1 saturated heterocycles. The van der Waals surface area contributed by atoms with E-state index in [1.165, 1.54) is 12.1 Å². The molecule has 1 unspecified atom stereocenters. The van der Waals surface area contributed by atoms with Gasteiger partial charge >= 0.3 is 0 Å². The Bertz CT molecular complexity index is 779. The number of hydrogen-bond donors (Lipinski definition) is 7. The lowest BCUT2D eigenvalue weighted by Gasteiger charge is -2.40. The van der Waals surface area contributed by atoms with E-state index >= 15 is 0 Å². The number of rotatable bonds is 4. The second-order valence-electron chi connectivity index (χ2n) is 5.54. The number of ether oxygens (including phenoxy) is 1. The quantitative estimate of drug-likeness (QED) is 0.268. The minimum atomic E-state index is -3.91. The molecule has 0 aliphatic carbocycles. The standard InChI is InChI=1S/C13H18ClN3O7S2/c14-6-3-5(26(15,22)23)1-2-7(6)16-13(25)17-9-11(20)10(19)8(4-18)24-12(9)21/h1-3,8-12,18-21H,4H2,(H2,15,22,23)(H2,16,17,25)/t8-,9-,10-,11-,12?/m1/s1. The molecule has 5 atom stereocenters. The Kier molecular flexibility index (Phi) is 6.76. The van der Waals surface area contributed by atoms with Crippen molar-refractivity contribution >= 4 is 44.6 Å². The molecule has 146 valence electrons. The first-order valence-electron chi connectivity index (χ1n) is 7.25. The molecule has 1 fully saturated rings. The average Bonchev–Trinajstić information content (AvgIpc) is 2.55. The van der Waals surface area contributed by atoms with Crippen molar-refractivity contribution in [1.82, 2.24) is 5.32 Å². The monoisotopic (exact) mass is 427 g/mol. The zero-order chi connectivity index (χ0) is 19.6. The van der Waals surface area contributed by atoms with Crippen molar-refractivity contribution in [3.05, 3.63) is 23.2 Å². The number of aliphatic hydroxyl groups excluding tert-OH is 4. The molecule has 13 heteroatoms. The predicted molar refractivity (Wildman–Crippen MR) is 95.9 cm³/mol. The van der Waals surface area contributed by atoms with Crippen molar-refractivity contribution < 1.29 is 33.6 Å². The fourth-order valence-electron chi connectivity index (χ4n) is 2.34. The molecule has 2 rings (SSSR count). The number of sulfonamides is 1. The maximum atomic E-state index is 11.3. The third-order valence-electron chi connectivity index (χ3n) is 3.72. The minimum absolute atomic E-state index is 0.0158. The SMILES string of the molecule is NS(=O)(=O)c1ccc(NC(=S)N[C@H]2C(O)O[C@H](CO)[C@@H](O)[C@@H]2O)c(Cl)c1. The molecule has 10 nitrogen and oxygen atoms in total. The molecule has 1 aliphatic heterocycles. The van der Waals surface area contributed by atoms with Crippen LogP contribution in [0.2, 0.25) is 5.02 Å². The van der Waals surface area contributed by atoms with Crippen LogP contribution in [0, 0.1) is 0 Å². The summed E-state index contributed by atoms with van der Waals surface area (Å²) in [6.45, 7) is -0.587. The summed E-state index contributed by atoms with van der Waals surface area (Å²) < 4.78 is 27.6. The maximum Gasteiger partial charge on any atom is 0.238 e. The molecule has 0 spiro atoms. The van der Waals surface area contributed by atoms with Gasteiger partial charge in [0.25, 0.3) is 0 Å². The van der Waals surface area contributed by atoms with Crippen LogP contribution in [-0.2, 0) is 14.8 Å². The third-order valence-corrected chi connectivity index (χ3v) is 5.16. The predicted octanol–water partition coefficient (Wildman–Crippen LogP) is -1.93. The van der Waals surface area contributed by atoms with Crippen molar-refractivity contribution in [2.75, 3.05) is 11.9 Å². The highest BCUT2D eigenvalue weighted by molar-refractivity contribution is 7.89. The van der Waals surface area contributed by atoms with Crippen LogP contribution >= 0.6 is 23.8 Å². The Labute approximate surface area is 159 Å². The number of anilines is 1. The van der Waals surface area contributed by atoms with E-state index < -0.39 is 47.3 Å². The number of thiocarbonyl (C=S) groups is 1. The van der Waals surface area contributed by atoms with E-state index in [2.05, 4.69) is 10.6 Å². The number of primary sulfonamides is 1. The summed E-state index contributed by atoms with van der Waals surface area (Å²) in [6.07, 6.45) is -5.61. The van der Waals surface area contributed by atoms with Crippen LogP contribution in [0.4, 0.5) is 5.69 Å². The van der Waals surface area contributed by atoms with E-state index in [0.717, 1.165) is 6.07 Å². The van der Waals surface area contributed by atoms with E-state index in [1.54, 1.807) is 0 Å². The van der Waals surface area contributed by atoms with Crippen molar-refractivity contribution in [2.24, 2.45) is 5.14 Å². The molecular weight excluding hydrogens is 410 g/mol. The Hall–Kier alpha value is -1.09. The highest BCUT2D eigenvalue weighted by Crippen LogP contribution is 2.25. The minimum Gasteiger partial charge on any atom is -0.394 e. The van der Waals surface area contributed by atoms with Gasteiger partial charge in [0.05, 0.1) is 22.2 Å². The molecular formula is C13H18ClN3O7S2. The van der Waals surface area contributed by atoms with Crippen LogP contribution in [0.15, 0.2) is 23.1 Å². The van der Waals surface area contributed by atoms with Gasteiger partial charge in [-0.25, -0.2) is 13.6 Å². The first-order chi connectivity index (χ1) is 12.0. The molecule has 1 aliphatic rings. The summed E-state index contributed by atoms with van der Waals surface area (Å²) in [5, 5.41) is 49.0. The van der Waals surface area contributed by atoms with Gasteiger partial charge in [-0.2, -0.15) is 0 Å². The lowest BCUT2D eigenvalue weighted by atomic mass is 9.97. The summed E-state index contributed by atoms with van der Waals surface area (Å²) >= 11 is 11.0. The Morgan fingerprint density at radius 1 is 1.31 bits per heavy atom. The zero-order valence-corrected chi connectivity index (χ0v) is 15.5. The fraction of sp³-hybridized carbons (Fsp3) is 0.462. The van der Waals surface area contributed by atoms with Crippen LogP contribution in [-0.4, -0.2) is 71.2 Å². The van der Waals surface area contributed by atoms with Crippen molar-refractivity contribution in [3.63, 3.8) is 0 Å². The van der Waals surface area contributed by atoms with Crippen LogP contribution in [0.25, 0.3) is 0 Å². The van der Waals surface area contributed by atoms with E-state index in [9.17, 15) is 23.7 Å². The van der Waals surface area contributed by atoms with Crippen molar-refractivity contribution in [1.29, 1.82) is 0 Å². The molecule has 26 heavy (non-hydrogen) atoms. The van der Waals surface area contributed by atoms with E-state index in [1.807, 2.05) is 0 Å². The second kappa shape index (κ2) is 8.29. The first-order valence-corrected chi connectivity index (χ1v) is 9.58. The number of aliphatic hydroxyl groups is 4. The van der Waals surface area contributed by atoms with Gasteiger partial charge in [0.15, 0.2) is 11.4 Å². The van der Waals surface area contributed by atoms with E-state index in [0.29, 0.717) is 0 Å². The number of hydrogen-bond acceptors (Lipinski definition) is 8. The Morgan fingerprint density at radius 3 is 2.50 bits per heavy atom. The molecule has 1 aromatic rings. The van der Waals surface area contributed by atoms with Gasteiger partial charge in [0, 0.05) is 0 Å². The second-order valence-corrected chi connectivity index (χ2v) is 7.92. The van der Waals surface area contributed by atoms with Crippen LogP contribution in [0.5, 0.6) is 0 Å². The number of halogens is 1. The molecule has 0 saturated carbocycles. The number of nitrogens with one attached hydrogen (secondary N) is 2. The fourth-order valence-corrected chi connectivity index (χ4v) is 3.42. The first kappa shape index (κ1) is 21.2. The summed E-state index contributed by atoms with van der Waals surface area (Å²) in [5.74, 6) is 0. The molecule has 0 radical (unpaired) electrons. The van der Waals surface area contributed by atoms with Gasteiger partial charge in [0.1, 0.15) is 24.4 Å². The van der Waals surface area contributed by atoms with Gasteiger partial charge in [-0.05, 0) is 30.4 Å². The summed E-state index contributed by atoms with van der Waals surface area (Å²) in [6, 6.07) is 2.49. The zero-order valence-electron chi connectivity index (χ0n) is 13.1. The highest BCUT2D eigenvalue weighted by atomic mass is 35.5. The molecule has 1 heterocycles. The maximum absolute atomic E-state index is 11.3. The third kappa shape index (κ3) is 4.79. The Balaban J connectivity index is 2.07. The van der Waals surface area contributed by atoms with Gasteiger partial charge < -0.3 is 35.8 Å². The summed E-state index contributed by atoms with van der Waals surface area (Å²) in [7, 11) is -3.91. The smallest absolute Gasteiger partial charge is 0.238 e. The molecule has 8 N–H and O–H groups in total.